The Balaban J connectivity index is 1.38. The molecule has 0 radical (unpaired) electrons. The second-order valence-electron chi connectivity index (χ2n) is 7.05. The van der Waals surface area contributed by atoms with Gasteiger partial charge in [-0.3, -0.25) is 14.5 Å². The number of amides is 2. The number of phenolic OH excluding ortho intramolecular Hbond substituents is 1. The molecule has 31 heavy (non-hydrogen) atoms. The minimum absolute atomic E-state index is 0.181. The van der Waals surface area contributed by atoms with Gasteiger partial charge < -0.3 is 19.9 Å². The zero-order valence-electron chi connectivity index (χ0n) is 16.7. The SMILES string of the molecule is CC(C(=O)NCCc1ccc(O)cc1)N1C(=O)C(=Cc2ccc3c(c2)OCO3)SC1=S. The zero-order valence-corrected chi connectivity index (χ0v) is 18.3. The van der Waals surface area contributed by atoms with E-state index in [1.807, 2.05) is 6.07 Å². The number of rotatable bonds is 6. The highest BCUT2D eigenvalue weighted by Gasteiger charge is 2.38. The van der Waals surface area contributed by atoms with E-state index in [1.54, 1.807) is 49.4 Å². The molecular formula is C22H20N2O5S2. The van der Waals surface area contributed by atoms with Crippen molar-refractivity contribution in [2.45, 2.75) is 19.4 Å². The summed E-state index contributed by atoms with van der Waals surface area (Å²) in [6.45, 7) is 2.25. The summed E-state index contributed by atoms with van der Waals surface area (Å²) in [6.07, 6.45) is 2.35. The lowest BCUT2D eigenvalue weighted by atomic mass is 10.1. The molecule has 0 bridgehead atoms. The Kier molecular flexibility index (Phi) is 6.15. The standard InChI is InChI=1S/C22H20N2O5S2/c1-13(20(26)23-9-8-14-2-5-16(25)6-3-14)24-21(27)19(31-22(24)30)11-15-4-7-17-18(10-15)29-12-28-17/h2-7,10-11,13,25H,8-9,12H2,1H3,(H,23,26). The molecule has 2 aromatic carbocycles. The summed E-state index contributed by atoms with van der Waals surface area (Å²) in [7, 11) is 0. The smallest absolute Gasteiger partial charge is 0.266 e. The third-order valence-electron chi connectivity index (χ3n) is 4.93. The third kappa shape index (κ3) is 4.67. The zero-order chi connectivity index (χ0) is 22.0. The first-order valence-corrected chi connectivity index (χ1v) is 10.9. The van der Waals surface area contributed by atoms with Crippen molar-refractivity contribution < 1.29 is 24.2 Å². The van der Waals surface area contributed by atoms with E-state index in [1.165, 1.54) is 16.7 Å². The number of thiocarbonyl (C=S) groups is 1. The number of nitrogens with zero attached hydrogens (tertiary/aromatic N) is 1. The van der Waals surface area contributed by atoms with E-state index in [0.717, 1.165) is 11.1 Å². The molecule has 0 aromatic heterocycles. The number of hydrogen-bond donors (Lipinski definition) is 2. The molecule has 2 aromatic rings. The van der Waals surface area contributed by atoms with Gasteiger partial charge in [0.15, 0.2) is 11.5 Å². The van der Waals surface area contributed by atoms with Gasteiger partial charge in [-0.1, -0.05) is 42.2 Å². The molecule has 4 rings (SSSR count). The first kappa shape index (κ1) is 21.2. The fraction of sp³-hybridized carbons (Fsp3) is 0.227. The lowest BCUT2D eigenvalue weighted by molar-refractivity contribution is -0.132. The number of aromatic hydroxyl groups is 1. The number of carbonyl (C=O) groups excluding carboxylic acids is 2. The van der Waals surface area contributed by atoms with Crippen molar-refractivity contribution in [2.75, 3.05) is 13.3 Å². The van der Waals surface area contributed by atoms with Crippen molar-refractivity contribution in [1.82, 2.24) is 10.2 Å². The summed E-state index contributed by atoms with van der Waals surface area (Å²) in [6, 6.07) is 11.5. The number of ether oxygens (including phenoxy) is 2. The average molecular weight is 457 g/mol. The number of carbonyl (C=O) groups is 2. The molecule has 1 saturated heterocycles. The van der Waals surface area contributed by atoms with E-state index in [2.05, 4.69) is 5.32 Å². The van der Waals surface area contributed by atoms with E-state index in [0.29, 0.717) is 33.7 Å². The molecule has 2 amide bonds. The largest absolute Gasteiger partial charge is 0.508 e. The lowest BCUT2D eigenvalue weighted by Gasteiger charge is -2.22. The van der Waals surface area contributed by atoms with E-state index >= 15 is 0 Å². The van der Waals surface area contributed by atoms with Crippen LogP contribution in [0.2, 0.25) is 0 Å². The first-order valence-electron chi connectivity index (χ1n) is 9.65. The molecule has 160 valence electrons. The van der Waals surface area contributed by atoms with Crippen molar-refractivity contribution in [3.63, 3.8) is 0 Å². The Morgan fingerprint density at radius 3 is 2.77 bits per heavy atom. The molecule has 1 atom stereocenters. The van der Waals surface area contributed by atoms with Gasteiger partial charge in [-0.2, -0.15) is 0 Å². The predicted octanol–water partition coefficient (Wildman–Crippen LogP) is 3.07. The number of benzene rings is 2. The van der Waals surface area contributed by atoms with Crippen LogP contribution in [0.15, 0.2) is 47.4 Å². The van der Waals surface area contributed by atoms with E-state index in [-0.39, 0.29) is 24.4 Å². The molecular weight excluding hydrogens is 436 g/mol. The summed E-state index contributed by atoms with van der Waals surface area (Å²) in [5, 5.41) is 12.2. The first-order chi connectivity index (χ1) is 14.9. The molecule has 0 spiro atoms. The number of hydrogen-bond acceptors (Lipinski definition) is 7. The molecule has 0 aliphatic carbocycles. The number of thioether (sulfide) groups is 1. The van der Waals surface area contributed by atoms with Crippen LogP contribution in [-0.2, 0) is 16.0 Å². The molecule has 7 nitrogen and oxygen atoms in total. The Hall–Kier alpha value is -3.04. The fourth-order valence-corrected chi connectivity index (χ4v) is 4.64. The van der Waals surface area contributed by atoms with Crippen LogP contribution in [0.3, 0.4) is 0 Å². The van der Waals surface area contributed by atoms with Crippen LogP contribution in [0.4, 0.5) is 0 Å². The summed E-state index contributed by atoms with van der Waals surface area (Å²) in [5.74, 6) is 0.922. The molecule has 2 heterocycles. The Labute approximate surface area is 189 Å². The van der Waals surface area contributed by atoms with Gasteiger partial charge in [0, 0.05) is 6.54 Å². The maximum atomic E-state index is 12.9. The minimum atomic E-state index is -0.727. The van der Waals surface area contributed by atoms with Crippen molar-refractivity contribution in [2.24, 2.45) is 0 Å². The second-order valence-corrected chi connectivity index (χ2v) is 8.72. The summed E-state index contributed by atoms with van der Waals surface area (Å²) in [5.41, 5.74) is 1.78. The van der Waals surface area contributed by atoms with Crippen molar-refractivity contribution >= 4 is 46.2 Å². The second kappa shape index (κ2) is 8.99. The molecule has 1 unspecified atom stereocenters. The van der Waals surface area contributed by atoms with Gasteiger partial charge in [0.05, 0.1) is 4.91 Å². The summed E-state index contributed by atoms with van der Waals surface area (Å²) < 4.78 is 11.0. The lowest BCUT2D eigenvalue weighted by Crippen LogP contribution is -2.47. The molecule has 9 heteroatoms. The van der Waals surface area contributed by atoms with Crippen molar-refractivity contribution in [3.8, 4) is 17.2 Å². The predicted molar refractivity (Wildman–Crippen MR) is 122 cm³/mol. The van der Waals surface area contributed by atoms with Crippen LogP contribution >= 0.6 is 24.0 Å². The normalized spacial score (nSPS) is 17.3. The van der Waals surface area contributed by atoms with E-state index in [4.69, 9.17) is 21.7 Å². The van der Waals surface area contributed by atoms with Gasteiger partial charge in [0.25, 0.3) is 5.91 Å². The Bertz CT molecular complexity index is 1070. The Morgan fingerprint density at radius 2 is 2.00 bits per heavy atom. The number of phenols is 1. The van der Waals surface area contributed by atoms with Crippen LogP contribution < -0.4 is 14.8 Å². The quantitative estimate of drug-likeness (QED) is 0.510. The van der Waals surface area contributed by atoms with Crippen molar-refractivity contribution in [1.29, 1.82) is 0 Å². The molecule has 0 saturated carbocycles. The monoisotopic (exact) mass is 456 g/mol. The van der Waals surface area contributed by atoms with Crippen LogP contribution in [0.25, 0.3) is 6.08 Å². The maximum absolute atomic E-state index is 12.9. The van der Waals surface area contributed by atoms with Crippen molar-refractivity contribution in [3.05, 3.63) is 58.5 Å². The average Bonchev–Trinajstić information content (AvgIpc) is 3.32. The van der Waals surface area contributed by atoms with Gasteiger partial charge in [0.1, 0.15) is 16.1 Å². The molecule has 2 aliphatic rings. The summed E-state index contributed by atoms with van der Waals surface area (Å²) in [4.78, 5) is 27.3. The highest BCUT2D eigenvalue weighted by atomic mass is 32.2. The molecule has 1 fully saturated rings. The number of fused-ring (bicyclic) bond motifs is 1. The van der Waals surface area contributed by atoms with E-state index in [9.17, 15) is 14.7 Å². The van der Waals surface area contributed by atoms with Gasteiger partial charge in [-0.05, 0) is 54.8 Å². The third-order valence-corrected chi connectivity index (χ3v) is 6.26. The minimum Gasteiger partial charge on any atom is -0.508 e. The molecule has 2 aliphatic heterocycles. The number of nitrogens with one attached hydrogen (secondary N) is 1. The molecule has 2 N–H and O–H groups in total. The Morgan fingerprint density at radius 1 is 1.26 bits per heavy atom. The van der Waals surface area contributed by atoms with Crippen LogP contribution in [0.5, 0.6) is 17.2 Å². The summed E-state index contributed by atoms with van der Waals surface area (Å²) >= 11 is 6.54. The maximum Gasteiger partial charge on any atom is 0.266 e. The topological polar surface area (TPSA) is 88.1 Å². The van der Waals surface area contributed by atoms with E-state index < -0.39 is 6.04 Å². The van der Waals surface area contributed by atoms with Crippen LogP contribution in [-0.4, -0.2) is 45.5 Å². The van der Waals surface area contributed by atoms with Crippen LogP contribution in [0.1, 0.15) is 18.1 Å². The van der Waals surface area contributed by atoms with Gasteiger partial charge >= 0.3 is 0 Å². The van der Waals surface area contributed by atoms with Gasteiger partial charge in [-0.15, -0.1) is 0 Å². The van der Waals surface area contributed by atoms with Gasteiger partial charge in [-0.25, -0.2) is 0 Å². The fourth-order valence-electron chi connectivity index (χ4n) is 3.23. The highest BCUT2D eigenvalue weighted by molar-refractivity contribution is 8.26. The highest BCUT2D eigenvalue weighted by Crippen LogP contribution is 2.37. The van der Waals surface area contributed by atoms with Crippen LogP contribution in [0, 0.1) is 0 Å². The van der Waals surface area contributed by atoms with Gasteiger partial charge in [0.2, 0.25) is 12.7 Å².